The zero-order chi connectivity index (χ0) is 13.8. The SMILES string of the molecule is O=[N+]([O-])c1ccc(C(=S)Sc2ccc(Br)cc2)cc1. The number of halogens is 1. The molecule has 0 N–H and O–H groups in total. The zero-order valence-electron chi connectivity index (χ0n) is 9.58. The first-order chi connectivity index (χ1) is 9.06. The second-order valence-electron chi connectivity index (χ2n) is 3.65. The van der Waals surface area contributed by atoms with E-state index in [0.717, 1.165) is 14.9 Å². The van der Waals surface area contributed by atoms with Crippen molar-refractivity contribution in [2.45, 2.75) is 4.90 Å². The molecule has 2 aromatic rings. The third-order valence-electron chi connectivity index (χ3n) is 2.34. The number of hydrogen-bond acceptors (Lipinski definition) is 4. The van der Waals surface area contributed by atoms with Crippen molar-refractivity contribution in [1.82, 2.24) is 0 Å². The highest BCUT2D eigenvalue weighted by atomic mass is 79.9. The fraction of sp³-hybridized carbons (Fsp3) is 0. The summed E-state index contributed by atoms with van der Waals surface area (Å²) in [6.07, 6.45) is 0. The molecule has 0 aromatic heterocycles. The summed E-state index contributed by atoms with van der Waals surface area (Å²) in [5.74, 6) is 0. The van der Waals surface area contributed by atoms with Crippen LogP contribution in [-0.4, -0.2) is 9.12 Å². The van der Waals surface area contributed by atoms with Crippen LogP contribution >= 0.6 is 39.9 Å². The van der Waals surface area contributed by atoms with Crippen molar-refractivity contribution in [3.63, 3.8) is 0 Å². The van der Waals surface area contributed by atoms with Gasteiger partial charge in [-0.15, -0.1) is 0 Å². The van der Waals surface area contributed by atoms with Crippen molar-refractivity contribution in [2.75, 3.05) is 0 Å². The maximum absolute atomic E-state index is 10.6. The van der Waals surface area contributed by atoms with E-state index in [0.29, 0.717) is 4.20 Å². The number of hydrogen-bond donors (Lipinski definition) is 0. The topological polar surface area (TPSA) is 43.1 Å². The summed E-state index contributed by atoms with van der Waals surface area (Å²) >= 11 is 10.2. The lowest BCUT2D eigenvalue weighted by molar-refractivity contribution is -0.384. The lowest BCUT2D eigenvalue weighted by atomic mass is 10.2. The van der Waals surface area contributed by atoms with E-state index in [1.54, 1.807) is 12.1 Å². The smallest absolute Gasteiger partial charge is 0.258 e. The van der Waals surface area contributed by atoms with Crippen molar-refractivity contribution in [1.29, 1.82) is 0 Å². The Morgan fingerprint density at radius 1 is 1.11 bits per heavy atom. The second kappa shape index (κ2) is 6.27. The standard InChI is InChI=1S/C13H8BrNO2S2/c14-10-3-7-12(8-4-10)19-13(18)9-1-5-11(6-2-9)15(16)17/h1-8H. The Bertz CT molecular complexity index is 612. The molecule has 6 heteroatoms. The molecule has 2 aromatic carbocycles. The van der Waals surface area contributed by atoms with Gasteiger partial charge < -0.3 is 0 Å². The number of thiocarbonyl (C=S) groups is 1. The van der Waals surface area contributed by atoms with Crippen LogP contribution in [0.1, 0.15) is 5.56 Å². The molecule has 0 aliphatic carbocycles. The fourth-order valence-electron chi connectivity index (χ4n) is 1.39. The minimum Gasteiger partial charge on any atom is -0.258 e. The molecule has 0 saturated heterocycles. The van der Waals surface area contributed by atoms with Gasteiger partial charge in [0.1, 0.15) is 0 Å². The minimum absolute atomic E-state index is 0.0696. The van der Waals surface area contributed by atoms with Crippen LogP contribution in [0.25, 0.3) is 0 Å². The molecule has 0 saturated carbocycles. The first kappa shape index (κ1) is 14.2. The third-order valence-corrected chi connectivity index (χ3v) is 4.28. The van der Waals surface area contributed by atoms with Gasteiger partial charge in [0.25, 0.3) is 5.69 Å². The molecule has 96 valence electrons. The summed E-state index contributed by atoms with van der Waals surface area (Å²) in [6.45, 7) is 0. The molecule has 0 atom stereocenters. The van der Waals surface area contributed by atoms with Crippen LogP contribution in [0.15, 0.2) is 57.9 Å². The van der Waals surface area contributed by atoms with Gasteiger partial charge in [-0.25, -0.2) is 0 Å². The van der Waals surface area contributed by atoms with Crippen LogP contribution in [-0.2, 0) is 0 Å². The van der Waals surface area contributed by atoms with Crippen molar-refractivity contribution in [2.24, 2.45) is 0 Å². The van der Waals surface area contributed by atoms with E-state index in [1.807, 2.05) is 24.3 Å². The minimum atomic E-state index is -0.422. The number of nitro benzene ring substituents is 1. The predicted molar refractivity (Wildman–Crippen MR) is 84.8 cm³/mol. The number of nitro groups is 1. The molecule has 0 aliphatic heterocycles. The van der Waals surface area contributed by atoms with Gasteiger partial charge in [0.05, 0.1) is 9.12 Å². The van der Waals surface area contributed by atoms with E-state index in [-0.39, 0.29) is 5.69 Å². The monoisotopic (exact) mass is 353 g/mol. The van der Waals surface area contributed by atoms with E-state index in [2.05, 4.69) is 15.9 Å². The Morgan fingerprint density at radius 2 is 1.68 bits per heavy atom. The summed E-state index contributed by atoms with van der Waals surface area (Å²) in [6, 6.07) is 14.1. The van der Waals surface area contributed by atoms with Crippen LogP contribution in [0, 0.1) is 10.1 Å². The van der Waals surface area contributed by atoms with Crippen LogP contribution in [0.4, 0.5) is 5.69 Å². The predicted octanol–water partition coefficient (Wildman–Crippen LogP) is 4.83. The lowest BCUT2D eigenvalue weighted by Gasteiger charge is -2.04. The summed E-state index contributed by atoms with van der Waals surface area (Å²) in [5.41, 5.74) is 0.883. The molecule has 3 nitrogen and oxygen atoms in total. The van der Waals surface area contributed by atoms with Crippen molar-refractivity contribution in [3.8, 4) is 0 Å². The number of benzene rings is 2. The molecule has 0 amide bonds. The highest BCUT2D eigenvalue weighted by Crippen LogP contribution is 2.26. The largest absolute Gasteiger partial charge is 0.269 e. The first-order valence-corrected chi connectivity index (χ1v) is 7.30. The number of rotatable bonds is 3. The maximum Gasteiger partial charge on any atom is 0.269 e. The van der Waals surface area contributed by atoms with Crippen LogP contribution in [0.3, 0.4) is 0 Å². The quantitative estimate of drug-likeness (QED) is 0.343. The van der Waals surface area contributed by atoms with Crippen molar-refractivity contribution >= 4 is 49.8 Å². The fourth-order valence-corrected chi connectivity index (χ4v) is 2.82. The van der Waals surface area contributed by atoms with Gasteiger partial charge in [0.2, 0.25) is 0 Å². The average Bonchev–Trinajstić information content (AvgIpc) is 2.41. The third kappa shape index (κ3) is 3.86. The van der Waals surface area contributed by atoms with Gasteiger partial charge in [-0.2, -0.15) is 0 Å². The van der Waals surface area contributed by atoms with Crippen LogP contribution in [0.5, 0.6) is 0 Å². The number of thioether (sulfide) groups is 1. The van der Waals surface area contributed by atoms with E-state index >= 15 is 0 Å². The molecule has 0 fully saturated rings. The summed E-state index contributed by atoms with van der Waals surface area (Å²) in [4.78, 5) is 11.2. The van der Waals surface area contributed by atoms with Crippen LogP contribution in [0.2, 0.25) is 0 Å². The van der Waals surface area contributed by atoms with Crippen molar-refractivity contribution in [3.05, 3.63) is 68.7 Å². The normalized spacial score (nSPS) is 10.2. The van der Waals surface area contributed by atoms with E-state index < -0.39 is 4.92 Å². The average molecular weight is 354 g/mol. The molecular weight excluding hydrogens is 346 g/mol. The van der Waals surface area contributed by atoms with Gasteiger partial charge in [-0.05, 0) is 42.0 Å². The highest BCUT2D eigenvalue weighted by molar-refractivity contribution is 9.10. The van der Waals surface area contributed by atoms with Gasteiger partial charge in [-0.1, -0.05) is 39.9 Å². The number of non-ortho nitro benzene ring substituents is 1. The molecule has 2 rings (SSSR count). The summed E-state index contributed by atoms with van der Waals surface area (Å²) in [5, 5.41) is 10.6. The van der Waals surface area contributed by atoms with Crippen LogP contribution < -0.4 is 0 Å². The lowest BCUT2D eigenvalue weighted by Crippen LogP contribution is -1.93. The molecule has 0 heterocycles. The van der Waals surface area contributed by atoms with Gasteiger partial charge in [-0.3, -0.25) is 10.1 Å². The Hall–Kier alpha value is -1.24. The highest BCUT2D eigenvalue weighted by Gasteiger charge is 2.08. The second-order valence-corrected chi connectivity index (χ2v) is 6.31. The molecule has 0 aliphatic rings. The van der Waals surface area contributed by atoms with Gasteiger partial charge in [0, 0.05) is 21.5 Å². The molecule has 19 heavy (non-hydrogen) atoms. The van der Waals surface area contributed by atoms with E-state index in [4.69, 9.17) is 12.2 Å². The Balaban J connectivity index is 2.11. The summed E-state index contributed by atoms with van der Waals surface area (Å²) in [7, 11) is 0. The summed E-state index contributed by atoms with van der Waals surface area (Å²) < 4.78 is 1.70. The molecule has 0 spiro atoms. The maximum atomic E-state index is 10.6. The Morgan fingerprint density at radius 3 is 2.21 bits per heavy atom. The first-order valence-electron chi connectivity index (χ1n) is 5.28. The Labute approximate surface area is 128 Å². The Kier molecular flexibility index (Phi) is 4.68. The van der Waals surface area contributed by atoms with Gasteiger partial charge >= 0.3 is 0 Å². The molecular formula is C13H8BrNO2S2. The number of nitrogens with zero attached hydrogens (tertiary/aromatic N) is 1. The van der Waals surface area contributed by atoms with Crippen molar-refractivity contribution < 1.29 is 4.92 Å². The van der Waals surface area contributed by atoms with Gasteiger partial charge in [0.15, 0.2) is 0 Å². The van der Waals surface area contributed by atoms with E-state index in [1.165, 1.54) is 23.9 Å². The molecule has 0 unspecified atom stereocenters. The zero-order valence-corrected chi connectivity index (χ0v) is 12.8. The molecule has 0 radical (unpaired) electrons. The molecule has 0 bridgehead atoms. The van der Waals surface area contributed by atoms with E-state index in [9.17, 15) is 10.1 Å².